The number of sulfonamides is 1. The zero-order chi connectivity index (χ0) is 21.2. The Balaban J connectivity index is 1.75. The summed E-state index contributed by atoms with van der Waals surface area (Å²) in [5.41, 5.74) is 0.138. The van der Waals surface area contributed by atoms with Crippen LogP contribution in [-0.2, 0) is 10.0 Å². The van der Waals surface area contributed by atoms with Gasteiger partial charge in [-0.15, -0.1) is 0 Å². The second-order valence-corrected chi connectivity index (χ2v) is 7.74. The number of aromatic hydroxyl groups is 3. The van der Waals surface area contributed by atoms with Gasteiger partial charge in [-0.2, -0.15) is 0 Å². The molecule has 1 amide bonds. The second kappa shape index (κ2) is 7.81. The number of aromatic nitrogens is 2. The van der Waals surface area contributed by atoms with Gasteiger partial charge in [0.25, 0.3) is 15.9 Å². The van der Waals surface area contributed by atoms with E-state index >= 15 is 0 Å². The van der Waals surface area contributed by atoms with Gasteiger partial charge in [0, 0.05) is 11.3 Å². The van der Waals surface area contributed by atoms with Crippen molar-refractivity contribution in [1.82, 2.24) is 9.97 Å². The van der Waals surface area contributed by atoms with Crippen molar-refractivity contribution in [3.8, 4) is 17.2 Å². The van der Waals surface area contributed by atoms with E-state index in [1.165, 1.54) is 36.7 Å². The largest absolute Gasteiger partial charge is 0.504 e. The topological polar surface area (TPSA) is 162 Å². The molecule has 1 aromatic heterocycles. The molecule has 0 saturated carbocycles. The third-order valence-corrected chi connectivity index (χ3v) is 5.15. The first-order valence-electron chi connectivity index (χ1n) is 7.82. The molecule has 0 saturated heterocycles. The van der Waals surface area contributed by atoms with Gasteiger partial charge in [-0.05, 0) is 36.4 Å². The molecule has 0 fully saturated rings. The van der Waals surface area contributed by atoms with E-state index in [4.69, 9.17) is 11.6 Å². The first-order valence-corrected chi connectivity index (χ1v) is 9.68. The van der Waals surface area contributed by atoms with E-state index in [0.29, 0.717) is 0 Å². The highest BCUT2D eigenvalue weighted by Crippen LogP contribution is 2.35. The Kier molecular flexibility index (Phi) is 5.43. The molecular formula is C17H13ClN4O6S. The van der Waals surface area contributed by atoms with Gasteiger partial charge >= 0.3 is 0 Å². The third kappa shape index (κ3) is 4.65. The van der Waals surface area contributed by atoms with Crippen molar-refractivity contribution in [2.45, 2.75) is 4.90 Å². The Morgan fingerprint density at radius 2 is 1.62 bits per heavy atom. The number of halogens is 1. The smallest absolute Gasteiger partial charge is 0.263 e. The second-order valence-electron chi connectivity index (χ2n) is 5.67. The van der Waals surface area contributed by atoms with Crippen LogP contribution in [0.3, 0.4) is 0 Å². The Morgan fingerprint density at radius 3 is 2.21 bits per heavy atom. The highest BCUT2D eigenvalue weighted by Gasteiger charge is 2.17. The molecule has 5 N–H and O–H groups in total. The van der Waals surface area contributed by atoms with E-state index in [-0.39, 0.29) is 27.1 Å². The average molecular weight is 437 g/mol. The maximum atomic E-state index is 12.4. The molecule has 0 unspecified atom stereocenters. The predicted octanol–water partition coefficient (Wildman–Crippen LogP) is 2.30. The fourth-order valence-corrected chi connectivity index (χ4v) is 3.38. The summed E-state index contributed by atoms with van der Waals surface area (Å²) in [6.45, 7) is 0. The molecule has 0 spiro atoms. The van der Waals surface area contributed by atoms with Crippen molar-refractivity contribution >= 4 is 39.0 Å². The fraction of sp³-hybridized carbons (Fsp3) is 0. The van der Waals surface area contributed by atoms with Crippen molar-refractivity contribution in [1.29, 1.82) is 0 Å². The van der Waals surface area contributed by atoms with Crippen molar-refractivity contribution in [2.24, 2.45) is 0 Å². The van der Waals surface area contributed by atoms with Crippen LogP contribution in [0.25, 0.3) is 0 Å². The Morgan fingerprint density at radius 1 is 1.00 bits per heavy atom. The third-order valence-electron chi connectivity index (χ3n) is 3.60. The first-order chi connectivity index (χ1) is 13.7. The van der Waals surface area contributed by atoms with E-state index in [1.807, 2.05) is 0 Å². The maximum Gasteiger partial charge on any atom is 0.263 e. The van der Waals surface area contributed by atoms with E-state index in [1.54, 1.807) is 0 Å². The van der Waals surface area contributed by atoms with Crippen LogP contribution in [0.4, 0.5) is 11.5 Å². The Hall–Kier alpha value is -3.57. The molecule has 0 bridgehead atoms. The summed E-state index contributed by atoms with van der Waals surface area (Å²) in [6, 6.07) is 7.13. The van der Waals surface area contributed by atoms with Gasteiger partial charge in [0.05, 0.1) is 17.3 Å². The van der Waals surface area contributed by atoms with Gasteiger partial charge in [-0.3, -0.25) is 14.5 Å². The van der Waals surface area contributed by atoms with Crippen molar-refractivity contribution in [3.63, 3.8) is 0 Å². The summed E-state index contributed by atoms with van der Waals surface area (Å²) in [6.07, 6.45) is 2.45. The quantitative estimate of drug-likeness (QED) is 0.380. The SMILES string of the molecule is O=C(Nc1ccc(S(=O)(=O)Nc2cncc(Cl)n2)cc1)c1cc(O)c(O)c(O)c1. The van der Waals surface area contributed by atoms with Crippen LogP contribution in [0.1, 0.15) is 10.4 Å². The summed E-state index contributed by atoms with van der Waals surface area (Å²) in [4.78, 5) is 19.6. The minimum Gasteiger partial charge on any atom is -0.504 e. The predicted molar refractivity (Wildman–Crippen MR) is 104 cm³/mol. The van der Waals surface area contributed by atoms with Crippen LogP contribution in [0.5, 0.6) is 17.2 Å². The van der Waals surface area contributed by atoms with Crippen LogP contribution in [0, 0.1) is 0 Å². The van der Waals surface area contributed by atoms with Gasteiger partial charge < -0.3 is 20.6 Å². The van der Waals surface area contributed by atoms with Crippen molar-refractivity contribution in [3.05, 3.63) is 59.5 Å². The molecule has 29 heavy (non-hydrogen) atoms. The van der Waals surface area contributed by atoms with E-state index in [0.717, 1.165) is 12.1 Å². The number of nitrogens with one attached hydrogen (secondary N) is 2. The Labute approximate surface area is 169 Å². The lowest BCUT2D eigenvalue weighted by Gasteiger charge is -2.10. The molecule has 3 rings (SSSR count). The lowest BCUT2D eigenvalue weighted by molar-refractivity contribution is 0.102. The molecular weight excluding hydrogens is 424 g/mol. The number of carbonyl (C=O) groups excluding carboxylic acids is 1. The van der Waals surface area contributed by atoms with Crippen LogP contribution in [0.2, 0.25) is 5.15 Å². The summed E-state index contributed by atoms with van der Waals surface area (Å²) in [7, 11) is -3.96. The molecule has 0 aliphatic heterocycles. The lowest BCUT2D eigenvalue weighted by atomic mass is 10.1. The standard InChI is InChI=1S/C17H13ClN4O6S/c18-14-7-19-8-15(21-14)22-29(27,28)11-3-1-10(2-4-11)20-17(26)9-5-12(23)16(25)13(24)6-9/h1-8,23-25H,(H,20,26)(H,21,22). The van der Waals surface area contributed by atoms with Crippen LogP contribution >= 0.6 is 11.6 Å². The number of phenols is 3. The summed E-state index contributed by atoms with van der Waals surface area (Å²) in [5.74, 6) is -2.81. The van der Waals surface area contributed by atoms with E-state index < -0.39 is 33.2 Å². The van der Waals surface area contributed by atoms with Crippen molar-refractivity contribution < 1.29 is 28.5 Å². The van der Waals surface area contributed by atoms with E-state index in [2.05, 4.69) is 20.0 Å². The number of nitrogens with zero attached hydrogens (tertiary/aromatic N) is 2. The zero-order valence-corrected chi connectivity index (χ0v) is 15.9. The summed E-state index contributed by atoms with van der Waals surface area (Å²) >= 11 is 5.67. The minimum atomic E-state index is -3.96. The number of anilines is 2. The van der Waals surface area contributed by atoms with Crippen LogP contribution in [0.15, 0.2) is 53.7 Å². The average Bonchev–Trinajstić information content (AvgIpc) is 2.65. The minimum absolute atomic E-state index is 0.0227. The maximum absolute atomic E-state index is 12.4. The van der Waals surface area contributed by atoms with Crippen LogP contribution < -0.4 is 10.0 Å². The monoisotopic (exact) mass is 436 g/mol. The molecule has 0 radical (unpaired) electrons. The summed E-state index contributed by atoms with van der Waals surface area (Å²) < 4.78 is 27.0. The lowest BCUT2D eigenvalue weighted by Crippen LogP contribution is -2.15. The van der Waals surface area contributed by atoms with Crippen molar-refractivity contribution in [2.75, 3.05) is 10.0 Å². The Bertz CT molecular complexity index is 1160. The molecule has 1 heterocycles. The van der Waals surface area contributed by atoms with Gasteiger partial charge in [-0.25, -0.2) is 13.4 Å². The number of benzene rings is 2. The molecule has 0 aliphatic rings. The van der Waals surface area contributed by atoms with Gasteiger partial charge in [-0.1, -0.05) is 11.6 Å². The highest BCUT2D eigenvalue weighted by molar-refractivity contribution is 7.92. The molecule has 150 valence electrons. The molecule has 0 aliphatic carbocycles. The van der Waals surface area contributed by atoms with Gasteiger partial charge in [0.1, 0.15) is 5.15 Å². The number of amides is 1. The number of phenolic OH excluding ortho intramolecular Hbond substituents is 3. The number of hydrogen-bond donors (Lipinski definition) is 5. The molecule has 12 heteroatoms. The van der Waals surface area contributed by atoms with Crippen LogP contribution in [-0.4, -0.2) is 39.6 Å². The number of hydrogen-bond acceptors (Lipinski definition) is 8. The molecule has 3 aromatic rings. The zero-order valence-electron chi connectivity index (χ0n) is 14.4. The summed E-state index contributed by atoms with van der Waals surface area (Å²) in [5, 5.41) is 30.8. The first kappa shape index (κ1) is 20.2. The molecule has 0 atom stereocenters. The number of carbonyl (C=O) groups is 1. The highest BCUT2D eigenvalue weighted by atomic mass is 35.5. The van der Waals surface area contributed by atoms with Gasteiger partial charge in [0.15, 0.2) is 23.1 Å². The van der Waals surface area contributed by atoms with E-state index in [9.17, 15) is 28.5 Å². The molecule has 10 nitrogen and oxygen atoms in total. The molecule has 2 aromatic carbocycles. The fourth-order valence-electron chi connectivity index (χ4n) is 2.24. The van der Waals surface area contributed by atoms with Gasteiger partial charge in [0.2, 0.25) is 0 Å². The number of rotatable bonds is 5. The normalized spacial score (nSPS) is 11.1.